The van der Waals surface area contributed by atoms with E-state index in [9.17, 15) is 9.59 Å². The van der Waals surface area contributed by atoms with Gasteiger partial charge in [0.15, 0.2) is 0 Å². The largest absolute Gasteiger partial charge is 0.480 e. The third-order valence-electron chi connectivity index (χ3n) is 3.15. The molecule has 0 saturated carbocycles. The van der Waals surface area contributed by atoms with Gasteiger partial charge in [0.05, 0.1) is 0 Å². The molecule has 1 fully saturated rings. The van der Waals surface area contributed by atoms with Crippen LogP contribution in [0.1, 0.15) is 18.5 Å². The number of carboxylic acids is 1. The lowest BCUT2D eigenvalue weighted by molar-refractivity contribution is -0.138. The zero-order valence-corrected chi connectivity index (χ0v) is 11.1. The van der Waals surface area contributed by atoms with Crippen molar-refractivity contribution in [3.05, 3.63) is 22.1 Å². The Morgan fingerprint density at radius 3 is 3.11 bits per heavy atom. The quantitative estimate of drug-likeness (QED) is 0.862. The molecule has 1 atom stereocenters. The summed E-state index contributed by atoms with van der Waals surface area (Å²) in [6.45, 7) is 2.39. The first-order chi connectivity index (χ1) is 9.06. The van der Waals surface area contributed by atoms with Gasteiger partial charge in [0.2, 0.25) is 10.1 Å². The fraction of sp³-hybridized carbons (Fsp3) is 0.455. The van der Waals surface area contributed by atoms with Crippen molar-refractivity contribution in [1.82, 2.24) is 14.6 Å². The molecule has 3 heterocycles. The highest BCUT2D eigenvalue weighted by Crippen LogP contribution is 2.28. The van der Waals surface area contributed by atoms with Gasteiger partial charge in [-0.3, -0.25) is 4.79 Å². The lowest BCUT2D eigenvalue weighted by atomic mass is 10.2. The van der Waals surface area contributed by atoms with Gasteiger partial charge in [-0.05, 0) is 19.8 Å². The molecular formula is C11H12N4O3S. The minimum Gasteiger partial charge on any atom is -0.480 e. The monoisotopic (exact) mass is 280 g/mol. The molecule has 1 N–H and O–H groups in total. The van der Waals surface area contributed by atoms with Crippen molar-refractivity contribution in [2.45, 2.75) is 25.8 Å². The smallest absolute Gasteiger partial charge is 0.326 e. The predicted molar refractivity (Wildman–Crippen MR) is 69.9 cm³/mol. The molecule has 0 bridgehead atoms. The molecule has 1 aliphatic heterocycles. The number of aryl methyl sites for hydroxylation is 1. The van der Waals surface area contributed by atoms with Crippen LogP contribution in [-0.4, -0.2) is 38.3 Å². The van der Waals surface area contributed by atoms with Crippen LogP contribution in [0.15, 0.2) is 10.9 Å². The van der Waals surface area contributed by atoms with E-state index in [-0.39, 0.29) is 5.56 Å². The molecule has 2 aromatic heterocycles. The maximum absolute atomic E-state index is 11.8. The van der Waals surface area contributed by atoms with Crippen LogP contribution >= 0.6 is 11.3 Å². The van der Waals surface area contributed by atoms with Crippen LogP contribution in [-0.2, 0) is 4.79 Å². The van der Waals surface area contributed by atoms with Gasteiger partial charge in [-0.15, -0.1) is 5.10 Å². The van der Waals surface area contributed by atoms with Crippen LogP contribution in [0.5, 0.6) is 0 Å². The molecule has 0 amide bonds. The van der Waals surface area contributed by atoms with Crippen molar-refractivity contribution in [2.75, 3.05) is 11.4 Å². The second kappa shape index (κ2) is 4.30. The molecule has 19 heavy (non-hydrogen) atoms. The molecule has 1 saturated heterocycles. The van der Waals surface area contributed by atoms with Gasteiger partial charge in [-0.2, -0.15) is 4.52 Å². The fourth-order valence-corrected chi connectivity index (χ4v) is 3.31. The first-order valence-electron chi connectivity index (χ1n) is 5.93. The maximum Gasteiger partial charge on any atom is 0.326 e. The van der Waals surface area contributed by atoms with Crippen molar-refractivity contribution < 1.29 is 9.90 Å². The van der Waals surface area contributed by atoms with E-state index in [4.69, 9.17) is 5.11 Å². The average Bonchev–Trinajstić information content (AvgIpc) is 2.92. The molecule has 0 spiro atoms. The first kappa shape index (κ1) is 12.1. The minimum atomic E-state index is -0.853. The van der Waals surface area contributed by atoms with Crippen LogP contribution in [0.2, 0.25) is 0 Å². The van der Waals surface area contributed by atoms with E-state index in [2.05, 4.69) is 10.1 Å². The molecule has 100 valence electrons. The number of hydrogen-bond acceptors (Lipinski definition) is 6. The van der Waals surface area contributed by atoms with Crippen molar-refractivity contribution in [1.29, 1.82) is 0 Å². The number of carbonyl (C=O) groups is 1. The lowest BCUT2D eigenvalue weighted by Gasteiger charge is -2.19. The van der Waals surface area contributed by atoms with E-state index in [0.29, 0.717) is 28.8 Å². The van der Waals surface area contributed by atoms with Gasteiger partial charge in [0, 0.05) is 18.3 Å². The lowest BCUT2D eigenvalue weighted by Crippen LogP contribution is -2.36. The Hall–Kier alpha value is -1.96. The number of nitrogens with zero attached hydrogens (tertiary/aromatic N) is 4. The normalized spacial score (nSPS) is 19.2. The Bertz CT molecular complexity index is 708. The Balaban J connectivity index is 2.09. The molecule has 8 heteroatoms. The summed E-state index contributed by atoms with van der Waals surface area (Å²) >= 11 is 1.25. The summed E-state index contributed by atoms with van der Waals surface area (Å²) in [6.07, 6.45) is 1.42. The average molecular weight is 280 g/mol. The van der Waals surface area contributed by atoms with Crippen molar-refractivity contribution >= 4 is 27.4 Å². The molecule has 2 aromatic rings. The third-order valence-corrected chi connectivity index (χ3v) is 4.09. The topological polar surface area (TPSA) is 87.8 Å². The van der Waals surface area contributed by atoms with Crippen molar-refractivity contribution in [3.8, 4) is 0 Å². The molecule has 0 unspecified atom stereocenters. The SMILES string of the molecule is Cc1cc(=O)n2nc(N3CCC[C@@H]3C(=O)O)sc2n1. The predicted octanol–water partition coefficient (Wildman–Crippen LogP) is 0.513. The summed E-state index contributed by atoms with van der Waals surface area (Å²) in [4.78, 5) is 29.4. The van der Waals surface area contributed by atoms with Gasteiger partial charge < -0.3 is 10.0 Å². The summed E-state index contributed by atoms with van der Waals surface area (Å²) in [6, 6.07) is 0.854. The van der Waals surface area contributed by atoms with E-state index < -0.39 is 12.0 Å². The number of hydrogen-bond donors (Lipinski definition) is 1. The highest BCUT2D eigenvalue weighted by molar-refractivity contribution is 7.20. The number of aromatic nitrogens is 3. The Morgan fingerprint density at radius 2 is 2.37 bits per heavy atom. The Morgan fingerprint density at radius 1 is 1.58 bits per heavy atom. The van der Waals surface area contributed by atoms with Gasteiger partial charge in [-0.1, -0.05) is 11.3 Å². The summed E-state index contributed by atoms with van der Waals surface area (Å²) in [5, 5.41) is 13.9. The minimum absolute atomic E-state index is 0.240. The summed E-state index contributed by atoms with van der Waals surface area (Å²) < 4.78 is 1.23. The molecule has 0 aliphatic carbocycles. The zero-order chi connectivity index (χ0) is 13.6. The summed E-state index contributed by atoms with van der Waals surface area (Å²) in [5.74, 6) is -0.853. The summed E-state index contributed by atoms with van der Waals surface area (Å²) in [5.41, 5.74) is 0.396. The zero-order valence-electron chi connectivity index (χ0n) is 10.2. The van der Waals surface area contributed by atoms with Gasteiger partial charge in [0.1, 0.15) is 6.04 Å². The molecule has 3 rings (SSSR count). The van der Waals surface area contributed by atoms with E-state index in [1.54, 1.807) is 11.8 Å². The Kier molecular flexibility index (Phi) is 2.74. The number of anilines is 1. The maximum atomic E-state index is 11.8. The standard InChI is InChI=1S/C11H12N4O3S/c1-6-5-8(16)15-10(12-6)19-11(13-15)14-4-2-3-7(14)9(17)18/h5,7H,2-4H2,1H3,(H,17,18)/t7-/m1/s1. The van der Waals surface area contributed by atoms with Crippen LogP contribution in [0.25, 0.3) is 4.96 Å². The van der Waals surface area contributed by atoms with Crippen molar-refractivity contribution in [2.24, 2.45) is 0 Å². The molecule has 0 aromatic carbocycles. The number of aliphatic carboxylic acids is 1. The van der Waals surface area contributed by atoms with E-state index in [1.165, 1.54) is 21.9 Å². The highest BCUT2D eigenvalue weighted by Gasteiger charge is 2.32. The van der Waals surface area contributed by atoms with Gasteiger partial charge >= 0.3 is 5.97 Å². The molecular weight excluding hydrogens is 268 g/mol. The molecule has 0 radical (unpaired) electrons. The van der Waals surface area contributed by atoms with E-state index >= 15 is 0 Å². The van der Waals surface area contributed by atoms with E-state index in [1.807, 2.05) is 0 Å². The second-order valence-electron chi connectivity index (χ2n) is 4.50. The molecule has 7 nitrogen and oxygen atoms in total. The third kappa shape index (κ3) is 1.97. The van der Waals surface area contributed by atoms with Crippen LogP contribution < -0.4 is 10.5 Å². The number of rotatable bonds is 2. The van der Waals surface area contributed by atoms with Crippen LogP contribution in [0, 0.1) is 6.92 Å². The van der Waals surface area contributed by atoms with Gasteiger partial charge in [-0.25, -0.2) is 9.78 Å². The second-order valence-corrected chi connectivity index (χ2v) is 5.44. The number of fused-ring (bicyclic) bond motifs is 1. The van der Waals surface area contributed by atoms with Gasteiger partial charge in [0.25, 0.3) is 5.56 Å². The van der Waals surface area contributed by atoms with Crippen molar-refractivity contribution in [3.63, 3.8) is 0 Å². The number of carboxylic acid groups (broad SMARTS) is 1. The molecule has 1 aliphatic rings. The van der Waals surface area contributed by atoms with E-state index in [0.717, 1.165) is 6.42 Å². The van der Waals surface area contributed by atoms with Crippen LogP contribution in [0.3, 0.4) is 0 Å². The fourth-order valence-electron chi connectivity index (χ4n) is 2.28. The first-order valence-corrected chi connectivity index (χ1v) is 6.75. The summed E-state index contributed by atoms with van der Waals surface area (Å²) in [7, 11) is 0. The highest BCUT2D eigenvalue weighted by atomic mass is 32.1. The Labute approximate surface area is 112 Å². The van der Waals surface area contributed by atoms with Crippen LogP contribution in [0.4, 0.5) is 5.13 Å².